The highest BCUT2D eigenvalue weighted by atomic mass is 32.2. The molecule has 1 N–H and O–H groups in total. The van der Waals surface area contributed by atoms with Gasteiger partial charge in [-0.1, -0.05) is 29.8 Å². The van der Waals surface area contributed by atoms with Gasteiger partial charge in [0, 0.05) is 19.6 Å². The lowest BCUT2D eigenvalue weighted by Gasteiger charge is -2.31. The highest BCUT2D eigenvalue weighted by Gasteiger charge is 2.24. The van der Waals surface area contributed by atoms with Gasteiger partial charge in [-0.15, -0.1) is 0 Å². The number of nitrogens with one attached hydrogen (secondary N) is 1. The quantitative estimate of drug-likeness (QED) is 0.786. The van der Waals surface area contributed by atoms with Gasteiger partial charge in [0.25, 0.3) is 0 Å². The van der Waals surface area contributed by atoms with Gasteiger partial charge in [-0.3, -0.25) is 4.90 Å². The maximum atomic E-state index is 12.9. The average Bonchev–Trinajstić information content (AvgIpc) is 2.69. The fourth-order valence-corrected chi connectivity index (χ4v) is 4.28. The Hall–Kier alpha value is -1.93. The van der Waals surface area contributed by atoms with Crippen LogP contribution in [0, 0.1) is 6.92 Å². The zero-order valence-electron chi connectivity index (χ0n) is 15.7. The minimum Gasteiger partial charge on any atom is -0.497 e. The number of ether oxygens (including phenoxy) is 2. The van der Waals surface area contributed by atoms with Crippen molar-refractivity contribution in [3.63, 3.8) is 0 Å². The van der Waals surface area contributed by atoms with Gasteiger partial charge in [0.15, 0.2) is 0 Å². The molecule has 0 radical (unpaired) electrons. The molecule has 7 heteroatoms. The van der Waals surface area contributed by atoms with Crippen LogP contribution in [0.3, 0.4) is 0 Å². The predicted octanol–water partition coefficient (Wildman–Crippen LogP) is 2.36. The molecular formula is C20H26N2O4S. The van der Waals surface area contributed by atoms with E-state index in [4.69, 9.17) is 9.47 Å². The van der Waals surface area contributed by atoms with Crippen molar-refractivity contribution in [2.45, 2.75) is 17.9 Å². The highest BCUT2D eigenvalue weighted by Crippen LogP contribution is 2.21. The van der Waals surface area contributed by atoms with Crippen molar-refractivity contribution in [2.24, 2.45) is 0 Å². The first-order chi connectivity index (χ1) is 13.0. The molecule has 0 unspecified atom stereocenters. The van der Waals surface area contributed by atoms with Gasteiger partial charge in [0.1, 0.15) is 5.75 Å². The lowest BCUT2D eigenvalue weighted by atomic mass is 10.1. The smallest absolute Gasteiger partial charge is 0.241 e. The minimum atomic E-state index is -3.66. The van der Waals surface area contributed by atoms with E-state index in [1.54, 1.807) is 31.4 Å². The van der Waals surface area contributed by atoms with E-state index < -0.39 is 10.0 Å². The van der Waals surface area contributed by atoms with Gasteiger partial charge in [-0.2, -0.15) is 0 Å². The highest BCUT2D eigenvalue weighted by molar-refractivity contribution is 7.89. The summed E-state index contributed by atoms with van der Waals surface area (Å²) in [4.78, 5) is 2.45. The van der Waals surface area contributed by atoms with E-state index in [1.807, 2.05) is 31.2 Å². The molecule has 146 valence electrons. The number of hydrogen-bond donors (Lipinski definition) is 1. The number of morpholine rings is 1. The number of hydrogen-bond acceptors (Lipinski definition) is 5. The number of rotatable bonds is 7. The zero-order chi connectivity index (χ0) is 19.3. The van der Waals surface area contributed by atoms with E-state index in [1.165, 1.54) is 0 Å². The van der Waals surface area contributed by atoms with Crippen LogP contribution in [0.2, 0.25) is 0 Å². The standard InChI is InChI=1S/C20H26N2O4S/c1-16-3-5-17(6-4-16)20(15-22-11-13-26-14-12-22)21-27(23,24)19-9-7-18(25-2)8-10-19/h3-10,20-21H,11-15H2,1-2H3/t20-/m1/s1. The zero-order valence-corrected chi connectivity index (χ0v) is 16.5. The van der Waals surface area contributed by atoms with E-state index >= 15 is 0 Å². The number of aryl methyl sites for hydroxylation is 1. The molecule has 0 aliphatic carbocycles. The summed E-state index contributed by atoms with van der Waals surface area (Å²) in [5.74, 6) is 0.623. The van der Waals surface area contributed by atoms with Crippen LogP contribution < -0.4 is 9.46 Å². The Morgan fingerprint density at radius 2 is 1.70 bits per heavy atom. The molecule has 1 saturated heterocycles. The second kappa shape index (κ2) is 8.84. The van der Waals surface area contributed by atoms with Gasteiger partial charge in [-0.05, 0) is 36.8 Å². The third kappa shape index (κ3) is 5.29. The van der Waals surface area contributed by atoms with Crippen molar-refractivity contribution in [3.05, 3.63) is 59.7 Å². The molecule has 0 amide bonds. The summed E-state index contributed by atoms with van der Waals surface area (Å²) >= 11 is 0. The second-order valence-corrected chi connectivity index (χ2v) is 8.39. The summed E-state index contributed by atoms with van der Waals surface area (Å²) in [5.41, 5.74) is 2.09. The SMILES string of the molecule is COc1ccc(S(=O)(=O)N[C@H](CN2CCOCC2)c2ccc(C)cc2)cc1. The molecular weight excluding hydrogens is 364 g/mol. The van der Waals surface area contributed by atoms with Crippen LogP contribution in [0.4, 0.5) is 0 Å². The summed E-state index contributed by atoms with van der Waals surface area (Å²) < 4.78 is 39.2. The average molecular weight is 391 g/mol. The summed E-state index contributed by atoms with van der Waals surface area (Å²) in [6.45, 7) is 5.56. The Labute approximate surface area is 161 Å². The van der Waals surface area contributed by atoms with Gasteiger partial charge >= 0.3 is 0 Å². The van der Waals surface area contributed by atoms with Crippen LogP contribution in [0.5, 0.6) is 5.75 Å². The van der Waals surface area contributed by atoms with E-state index in [9.17, 15) is 8.42 Å². The molecule has 2 aromatic carbocycles. The molecule has 2 aromatic rings. The largest absolute Gasteiger partial charge is 0.497 e. The maximum Gasteiger partial charge on any atom is 0.241 e. The monoisotopic (exact) mass is 390 g/mol. The number of methoxy groups -OCH3 is 1. The van der Waals surface area contributed by atoms with E-state index in [2.05, 4.69) is 9.62 Å². The Morgan fingerprint density at radius 3 is 2.30 bits per heavy atom. The van der Waals surface area contributed by atoms with Crippen LogP contribution in [-0.4, -0.2) is 53.3 Å². The van der Waals surface area contributed by atoms with Crippen molar-refractivity contribution < 1.29 is 17.9 Å². The third-order valence-corrected chi connectivity index (χ3v) is 6.18. The Morgan fingerprint density at radius 1 is 1.07 bits per heavy atom. The molecule has 0 aromatic heterocycles. The van der Waals surface area contributed by atoms with E-state index in [-0.39, 0.29) is 10.9 Å². The summed E-state index contributed by atoms with van der Waals surface area (Å²) in [7, 11) is -2.10. The van der Waals surface area contributed by atoms with Crippen molar-refractivity contribution in [2.75, 3.05) is 40.0 Å². The van der Waals surface area contributed by atoms with Crippen LogP contribution in [0.15, 0.2) is 53.4 Å². The first kappa shape index (κ1) is 19.8. The van der Waals surface area contributed by atoms with Gasteiger partial charge in [0.05, 0.1) is 31.3 Å². The lowest BCUT2D eigenvalue weighted by Crippen LogP contribution is -2.43. The van der Waals surface area contributed by atoms with E-state index in [0.717, 1.165) is 24.2 Å². The predicted molar refractivity (Wildman–Crippen MR) is 104 cm³/mol. The topological polar surface area (TPSA) is 67.9 Å². The molecule has 3 rings (SSSR count). The molecule has 0 saturated carbocycles. The normalized spacial score (nSPS) is 16.8. The molecule has 6 nitrogen and oxygen atoms in total. The van der Waals surface area contributed by atoms with Gasteiger partial charge in [0.2, 0.25) is 10.0 Å². The molecule has 1 fully saturated rings. The molecule has 27 heavy (non-hydrogen) atoms. The fraction of sp³-hybridized carbons (Fsp3) is 0.400. The Bertz CT molecular complexity index is 829. The Balaban J connectivity index is 1.83. The number of sulfonamides is 1. The van der Waals surface area contributed by atoms with Crippen molar-refractivity contribution in [3.8, 4) is 5.75 Å². The number of nitrogens with zero attached hydrogens (tertiary/aromatic N) is 1. The number of benzene rings is 2. The van der Waals surface area contributed by atoms with Crippen molar-refractivity contribution >= 4 is 10.0 Å². The van der Waals surface area contributed by atoms with Gasteiger partial charge in [-0.25, -0.2) is 13.1 Å². The van der Waals surface area contributed by atoms with Crippen molar-refractivity contribution in [1.29, 1.82) is 0 Å². The fourth-order valence-electron chi connectivity index (χ4n) is 3.06. The molecule has 1 aliphatic heterocycles. The molecule has 1 heterocycles. The summed E-state index contributed by atoms with van der Waals surface area (Å²) in [6, 6.07) is 14.1. The van der Waals surface area contributed by atoms with Crippen LogP contribution >= 0.6 is 0 Å². The van der Waals surface area contributed by atoms with Crippen molar-refractivity contribution in [1.82, 2.24) is 9.62 Å². The second-order valence-electron chi connectivity index (χ2n) is 6.67. The van der Waals surface area contributed by atoms with E-state index in [0.29, 0.717) is 25.5 Å². The Kier molecular flexibility index (Phi) is 6.49. The molecule has 1 atom stereocenters. The molecule has 1 aliphatic rings. The summed E-state index contributed by atoms with van der Waals surface area (Å²) in [6.07, 6.45) is 0. The molecule has 0 bridgehead atoms. The first-order valence-corrected chi connectivity index (χ1v) is 10.5. The summed E-state index contributed by atoms with van der Waals surface area (Å²) in [5, 5.41) is 0. The minimum absolute atomic E-state index is 0.224. The lowest BCUT2D eigenvalue weighted by molar-refractivity contribution is 0.0345. The first-order valence-electron chi connectivity index (χ1n) is 9.01. The third-order valence-electron chi connectivity index (χ3n) is 4.69. The maximum absolute atomic E-state index is 12.9. The van der Waals surface area contributed by atoms with Crippen LogP contribution in [-0.2, 0) is 14.8 Å². The van der Waals surface area contributed by atoms with Gasteiger partial charge < -0.3 is 9.47 Å². The molecule has 0 spiro atoms. The van der Waals surface area contributed by atoms with Crippen LogP contribution in [0.1, 0.15) is 17.2 Å². The van der Waals surface area contributed by atoms with Crippen LogP contribution in [0.25, 0.3) is 0 Å².